The van der Waals surface area contributed by atoms with Gasteiger partial charge in [0.15, 0.2) is 0 Å². The SMILES string of the molecule is [B]c1ccc(Oc2cccc3c2-c2ccccc2C(CC)C3)c(Cl)c1. The van der Waals surface area contributed by atoms with E-state index in [9.17, 15) is 0 Å². The van der Waals surface area contributed by atoms with Gasteiger partial charge in [0.2, 0.25) is 0 Å². The van der Waals surface area contributed by atoms with Crippen LogP contribution in [0.4, 0.5) is 0 Å². The average molecular weight is 345 g/mol. The fraction of sp³-hybridized carbons (Fsp3) is 0.182. The predicted octanol–water partition coefficient (Wildman–Crippen LogP) is 5.64. The van der Waals surface area contributed by atoms with Crippen molar-refractivity contribution in [3.63, 3.8) is 0 Å². The fourth-order valence-corrected chi connectivity index (χ4v) is 3.90. The number of benzene rings is 3. The van der Waals surface area contributed by atoms with E-state index in [1.807, 2.05) is 12.1 Å². The quantitative estimate of drug-likeness (QED) is 0.558. The van der Waals surface area contributed by atoms with E-state index >= 15 is 0 Å². The molecule has 0 bridgehead atoms. The smallest absolute Gasteiger partial charge is 0.145 e. The largest absolute Gasteiger partial charge is 0.455 e. The zero-order valence-electron chi connectivity index (χ0n) is 14.1. The molecule has 0 amide bonds. The van der Waals surface area contributed by atoms with Gasteiger partial charge in [-0.2, -0.15) is 0 Å². The fourth-order valence-electron chi connectivity index (χ4n) is 3.68. The molecule has 0 heterocycles. The summed E-state index contributed by atoms with van der Waals surface area (Å²) in [5.74, 6) is 2.02. The van der Waals surface area contributed by atoms with Crippen LogP contribution in [0.5, 0.6) is 11.5 Å². The maximum Gasteiger partial charge on any atom is 0.145 e. The van der Waals surface area contributed by atoms with Gasteiger partial charge in [-0.1, -0.05) is 66.5 Å². The summed E-state index contributed by atoms with van der Waals surface area (Å²) in [7, 11) is 5.79. The Labute approximate surface area is 155 Å². The van der Waals surface area contributed by atoms with E-state index in [0.717, 1.165) is 18.6 Å². The van der Waals surface area contributed by atoms with Crippen molar-refractivity contribution in [3.05, 3.63) is 76.8 Å². The van der Waals surface area contributed by atoms with Gasteiger partial charge in [-0.15, -0.1) is 0 Å². The Hall–Kier alpha value is -2.19. The van der Waals surface area contributed by atoms with E-state index in [1.54, 1.807) is 12.1 Å². The van der Waals surface area contributed by atoms with Crippen LogP contribution >= 0.6 is 11.6 Å². The van der Waals surface area contributed by atoms with Crippen molar-refractivity contribution in [3.8, 4) is 22.6 Å². The topological polar surface area (TPSA) is 9.23 Å². The normalized spacial score (nSPS) is 15.4. The molecule has 0 spiro atoms. The Bertz CT molecular complexity index is 935. The first-order chi connectivity index (χ1) is 12.2. The highest BCUT2D eigenvalue weighted by molar-refractivity contribution is 6.37. The molecule has 1 nitrogen and oxygen atoms in total. The molecule has 0 fully saturated rings. The van der Waals surface area contributed by atoms with Gasteiger partial charge in [0.05, 0.1) is 5.02 Å². The summed E-state index contributed by atoms with van der Waals surface area (Å²) in [6, 6.07) is 20.2. The second-order valence-electron chi connectivity index (χ2n) is 6.48. The van der Waals surface area contributed by atoms with Crippen molar-refractivity contribution in [2.75, 3.05) is 0 Å². The monoisotopic (exact) mass is 344 g/mol. The van der Waals surface area contributed by atoms with E-state index in [0.29, 0.717) is 22.2 Å². The van der Waals surface area contributed by atoms with Crippen molar-refractivity contribution in [2.45, 2.75) is 25.7 Å². The van der Waals surface area contributed by atoms with E-state index in [2.05, 4.69) is 43.3 Å². The Morgan fingerprint density at radius 3 is 2.68 bits per heavy atom. The Kier molecular flexibility index (Phi) is 4.31. The predicted molar refractivity (Wildman–Crippen MR) is 106 cm³/mol. The van der Waals surface area contributed by atoms with E-state index in [4.69, 9.17) is 24.2 Å². The lowest BCUT2D eigenvalue weighted by Gasteiger charge is -2.28. The number of halogens is 1. The van der Waals surface area contributed by atoms with Crippen molar-refractivity contribution < 1.29 is 4.74 Å². The van der Waals surface area contributed by atoms with Crippen LogP contribution < -0.4 is 10.2 Å². The van der Waals surface area contributed by atoms with Crippen molar-refractivity contribution in [1.82, 2.24) is 0 Å². The lowest BCUT2D eigenvalue weighted by Crippen LogP contribution is -2.11. The molecular weight excluding hydrogens is 327 g/mol. The molecule has 3 aromatic rings. The zero-order valence-corrected chi connectivity index (χ0v) is 14.9. The second kappa shape index (κ2) is 6.61. The van der Waals surface area contributed by atoms with Crippen LogP contribution in [0.2, 0.25) is 5.02 Å². The van der Waals surface area contributed by atoms with Gasteiger partial charge in [0.25, 0.3) is 0 Å². The molecule has 25 heavy (non-hydrogen) atoms. The molecule has 0 saturated heterocycles. The molecule has 0 aliphatic heterocycles. The molecule has 3 aromatic carbocycles. The van der Waals surface area contributed by atoms with Gasteiger partial charge in [-0.25, -0.2) is 0 Å². The number of fused-ring (bicyclic) bond motifs is 3. The third kappa shape index (κ3) is 2.96. The van der Waals surface area contributed by atoms with Gasteiger partial charge in [0, 0.05) is 5.56 Å². The molecule has 1 unspecified atom stereocenters. The first-order valence-electron chi connectivity index (χ1n) is 8.61. The zero-order chi connectivity index (χ0) is 17.4. The van der Waals surface area contributed by atoms with Crippen LogP contribution in [0.25, 0.3) is 11.1 Å². The van der Waals surface area contributed by atoms with Gasteiger partial charge < -0.3 is 4.74 Å². The van der Waals surface area contributed by atoms with Crippen molar-refractivity contribution >= 4 is 24.9 Å². The third-order valence-corrected chi connectivity index (χ3v) is 5.21. The molecule has 0 N–H and O–H groups in total. The van der Waals surface area contributed by atoms with E-state index in [-0.39, 0.29) is 0 Å². The number of hydrogen-bond acceptors (Lipinski definition) is 1. The number of hydrogen-bond donors (Lipinski definition) is 0. The van der Waals surface area contributed by atoms with Gasteiger partial charge >= 0.3 is 0 Å². The second-order valence-corrected chi connectivity index (χ2v) is 6.89. The molecule has 0 aromatic heterocycles. The molecule has 3 heteroatoms. The van der Waals surface area contributed by atoms with Crippen LogP contribution in [-0.2, 0) is 6.42 Å². The summed E-state index contributed by atoms with van der Waals surface area (Å²) in [6.07, 6.45) is 2.17. The third-order valence-electron chi connectivity index (χ3n) is 4.92. The first kappa shape index (κ1) is 16.3. The Morgan fingerprint density at radius 1 is 1.04 bits per heavy atom. The van der Waals surface area contributed by atoms with Crippen molar-refractivity contribution in [2.24, 2.45) is 0 Å². The Balaban J connectivity index is 1.83. The molecule has 1 aliphatic rings. The van der Waals surface area contributed by atoms with E-state index in [1.165, 1.54) is 22.3 Å². The standard InChI is InChI=1S/C22H18BClO/c1-2-14-12-15-6-5-9-21(22(15)18-8-4-3-7-17(14)18)25-20-11-10-16(23)13-19(20)24/h3-11,13-14H,2,12H2,1H3. The summed E-state index contributed by atoms with van der Waals surface area (Å²) in [5, 5.41) is 0.521. The van der Waals surface area contributed by atoms with Crippen LogP contribution in [-0.4, -0.2) is 7.85 Å². The Morgan fingerprint density at radius 2 is 1.88 bits per heavy atom. The minimum Gasteiger partial charge on any atom is -0.455 e. The lowest BCUT2D eigenvalue weighted by molar-refractivity contribution is 0.483. The summed E-state index contributed by atoms with van der Waals surface area (Å²) in [6.45, 7) is 2.25. The highest BCUT2D eigenvalue weighted by atomic mass is 35.5. The van der Waals surface area contributed by atoms with Crippen molar-refractivity contribution in [1.29, 1.82) is 0 Å². The lowest BCUT2D eigenvalue weighted by atomic mass is 9.77. The minimum absolute atomic E-state index is 0.521. The summed E-state index contributed by atoms with van der Waals surface area (Å²) in [4.78, 5) is 0. The van der Waals surface area contributed by atoms with Gasteiger partial charge in [0.1, 0.15) is 19.3 Å². The number of ether oxygens (including phenoxy) is 1. The summed E-state index contributed by atoms with van der Waals surface area (Å²) in [5.41, 5.74) is 5.80. The molecule has 2 radical (unpaired) electrons. The van der Waals surface area contributed by atoms with Crippen LogP contribution in [0.15, 0.2) is 60.7 Å². The summed E-state index contributed by atoms with van der Waals surface area (Å²) >= 11 is 6.30. The van der Waals surface area contributed by atoms with Crippen LogP contribution in [0, 0.1) is 0 Å². The van der Waals surface area contributed by atoms with Crippen LogP contribution in [0.3, 0.4) is 0 Å². The van der Waals surface area contributed by atoms with E-state index < -0.39 is 0 Å². The maximum atomic E-state index is 6.30. The molecule has 0 saturated carbocycles. The molecule has 4 rings (SSSR count). The summed E-state index contributed by atoms with van der Waals surface area (Å²) < 4.78 is 6.20. The molecule has 122 valence electrons. The first-order valence-corrected chi connectivity index (χ1v) is 8.99. The molecular formula is C22H18BClO. The highest BCUT2D eigenvalue weighted by Crippen LogP contribution is 2.46. The maximum absolute atomic E-state index is 6.30. The average Bonchev–Trinajstić information content (AvgIpc) is 2.63. The van der Waals surface area contributed by atoms with Crippen LogP contribution in [0.1, 0.15) is 30.4 Å². The molecule has 1 aliphatic carbocycles. The van der Waals surface area contributed by atoms with Gasteiger partial charge in [-0.05, 0) is 53.6 Å². The van der Waals surface area contributed by atoms with Gasteiger partial charge in [-0.3, -0.25) is 0 Å². The molecule has 1 atom stereocenters. The number of rotatable bonds is 3. The highest BCUT2D eigenvalue weighted by Gasteiger charge is 2.26. The minimum atomic E-state index is 0.521.